The molecule has 1 heterocycles. The van der Waals surface area contributed by atoms with E-state index < -0.39 is 12.2 Å². The second kappa shape index (κ2) is 15.9. The molecule has 1 unspecified atom stereocenters. The first-order valence-electron chi connectivity index (χ1n) is 15.1. The molecule has 1 aliphatic carbocycles. The minimum Gasteiger partial charge on any atom is -0.464 e. The minimum atomic E-state index is -0.497. The maximum Gasteiger partial charge on any atom is 0.306 e. The van der Waals surface area contributed by atoms with Gasteiger partial charge in [-0.1, -0.05) is 74.7 Å². The number of aliphatic hydroxyl groups is 2. The number of aryl methyl sites for hydroxylation is 1. The van der Waals surface area contributed by atoms with Crippen molar-refractivity contribution < 1.29 is 24.5 Å². The van der Waals surface area contributed by atoms with Crippen molar-refractivity contribution in [2.24, 2.45) is 5.92 Å². The summed E-state index contributed by atoms with van der Waals surface area (Å²) in [5, 5.41) is 21.4. The van der Waals surface area contributed by atoms with Gasteiger partial charge in [-0.3, -0.25) is 9.69 Å². The number of hydrogen-bond donors (Lipinski definition) is 2. The van der Waals surface area contributed by atoms with Crippen LogP contribution >= 0.6 is 11.6 Å². The Morgan fingerprint density at radius 2 is 1.88 bits per heavy atom. The number of carbonyl (C=O) groups is 1. The highest BCUT2D eigenvalue weighted by molar-refractivity contribution is 6.21. The van der Waals surface area contributed by atoms with Gasteiger partial charge >= 0.3 is 5.97 Å². The predicted octanol–water partition coefficient (Wildman–Crippen LogP) is 5.42. The number of unbranched alkanes of at least 4 members (excludes halogenated alkanes) is 2. The van der Waals surface area contributed by atoms with Crippen LogP contribution in [-0.2, 0) is 27.1 Å². The maximum atomic E-state index is 12.3. The normalized spacial score (nSPS) is 24.2. The molecule has 5 atom stereocenters. The lowest BCUT2D eigenvalue weighted by Crippen LogP contribution is -2.38. The molecule has 0 spiro atoms. The molecule has 7 heteroatoms. The van der Waals surface area contributed by atoms with Gasteiger partial charge in [0.1, 0.15) is 6.61 Å². The van der Waals surface area contributed by atoms with Crippen LogP contribution in [0.3, 0.4) is 0 Å². The molecule has 6 nitrogen and oxygen atoms in total. The SMILES string of the molecule is CCCCCC(O)c1ccc([C@@H]2[C@@H](Cc3cccc(CCC(=O)OCCN4CCOCC4)c3)[C@H](Cl)C[C@H]2O)cc1. The van der Waals surface area contributed by atoms with Crippen LogP contribution in [0.4, 0.5) is 0 Å². The van der Waals surface area contributed by atoms with Crippen molar-refractivity contribution in [2.45, 2.75) is 81.8 Å². The highest BCUT2D eigenvalue weighted by atomic mass is 35.5. The zero-order valence-corrected chi connectivity index (χ0v) is 24.6. The van der Waals surface area contributed by atoms with Gasteiger partial charge in [-0.2, -0.15) is 0 Å². The summed E-state index contributed by atoms with van der Waals surface area (Å²) in [7, 11) is 0. The predicted molar refractivity (Wildman–Crippen MR) is 159 cm³/mol. The molecule has 4 rings (SSSR count). The van der Waals surface area contributed by atoms with Gasteiger partial charge in [0, 0.05) is 37.4 Å². The molecule has 0 aromatic heterocycles. The number of carbonyl (C=O) groups excluding carboxylic acids is 1. The van der Waals surface area contributed by atoms with Gasteiger partial charge in [-0.25, -0.2) is 0 Å². The summed E-state index contributed by atoms with van der Waals surface area (Å²) in [5.41, 5.74) is 4.26. The minimum absolute atomic E-state index is 0.0566. The number of esters is 1. The Kier molecular flexibility index (Phi) is 12.3. The fourth-order valence-electron chi connectivity index (χ4n) is 6.10. The van der Waals surface area contributed by atoms with Crippen molar-refractivity contribution in [1.29, 1.82) is 0 Å². The zero-order valence-electron chi connectivity index (χ0n) is 23.8. The number of halogens is 1. The van der Waals surface area contributed by atoms with E-state index in [1.165, 1.54) is 0 Å². The number of alkyl halides is 1. The third-order valence-electron chi connectivity index (χ3n) is 8.45. The summed E-state index contributed by atoms with van der Waals surface area (Å²) in [6.45, 7) is 6.59. The van der Waals surface area contributed by atoms with Gasteiger partial charge in [-0.05, 0) is 53.9 Å². The monoisotopic (exact) mass is 571 g/mol. The number of nitrogens with zero attached hydrogens (tertiary/aromatic N) is 1. The second-order valence-corrected chi connectivity index (χ2v) is 11.9. The number of benzene rings is 2. The Morgan fingerprint density at radius 1 is 1.12 bits per heavy atom. The molecule has 2 aliphatic rings. The maximum absolute atomic E-state index is 12.3. The van der Waals surface area contributed by atoms with E-state index in [1.54, 1.807) is 0 Å². The average Bonchev–Trinajstić information content (AvgIpc) is 3.24. The summed E-state index contributed by atoms with van der Waals surface area (Å²) < 4.78 is 10.8. The van der Waals surface area contributed by atoms with Crippen LogP contribution in [0.5, 0.6) is 0 Å². The Hall–Kier alpha value is -1.96. The van der Waals surface area contributed by atoms with Gasteiger partial charge in [0.05, 0.1) is 25.4 Å². The smallest absolute Gasteiger partial charge is 0.306 e. The summed E-state index contributed by atoms with van der Waals surface area (Å²) in [4.78, 5) is 14.6. The fourth-order valence-corrected chi connectivity index (χ4v) is 6.53. The Bertz CT molecular complexity index is 1040. The van der Waals surface area contributed by atoms with Crippen LogP contribution in [0, 0.1) is 5.92 Å². The molecule has 0 radical (unpaired) electrons. The molecule has 2 aromatic rings. The number of rotatable bonds is 14. The van der Waals surface area contributed by atoms with Crippen LogP contribution in [0.2, 0.25) is 0 Å². The molecule has 1 saturated carbocycles. The number of morpholine rings is 1. The van der Waals surface area contributed by atoms with Gasteiger partial charge in [0.15, 0.2) is 0 Å². The fraction of sp³-hybridized carbons (Fsp3) is 0.606. The quantitative estimate of drug-likeness (QED) is 0.179. The van der Waals surface area contributed by atoms with Crippen molar-refractivity contribution in [3.63, 3.8) is 0 Å². The highest BCUT2D eigenvalue weighted by Crippen LogP contribution is 2.44. The summed E-state index contributed by atoms with van der Waals surface area (Å²) in [5.74, 6) is -0.131. The second-order valence-electron chi connectivity index (χ2n) is 11.4. The molecule has 2 fully saturated rings. The third kappa shape index (κ3) is 9.02. The van der Waals surface area contributed by atoms with E-state index in [4.69, 9.17) is 21.1 Å². The largest absolute Gasteiger partial charge is 0.464 e. The van der Waals surface area contributed by atoms with Gasteiger partial charge < -0.3 is 19.7 Å². The van der Waals surface area contributed by atoms with E-state index in [1.807, 2.05) is 24.3 Å². The summed E-state index contributed by atoms with van der Waals surface area (Å²) in [6.07, 6.45) is 5.42. The first-order valence-corrected chi connectivity index (χ1v) is 15.5. The Labute approximate surface area is 244 Å². The first-order chi connectivity index (χ1) is 19.4. The van der Waals surface area contributed by atoms with E-state index in [9.17, 15) is 15.0 Å². The molecular formula is C33H46ClNO5. The molecule has 1 saturated heterocycles. The lowest BCUT2D eigenvalue weighted by Gasteiger charge is -2.26. The number of aliphatic hydroxyl groups excluding tert-OH is 2. The molecule has 0 bridgehead atoms. The van der Waals surface area contributed by atoms with E-state index in [0.29, 0.717) is 25.9 Å². The summed E-state index contributed by atoms with van der Waals surface area (Å²) in [6, 6.07) is 16.4. The van der Waals surface area contributed by atoms with E-state index >= 15 is 0 Å². The Morgan fingerprint density at radius 3 is 2.62 bits per heavy atom. The molecule has 2 aromatic carbocycles. The molecule has 0 amide bonds. The van der Waals surface area contributed by atoms with Gasteiger partial charge in [-0.15, -0.1) is 11.6 Å². The van der Waals surface area contributed by atoms with Crippen LogP contribution in [0.15, 0.2) is 48.5 Å². The highest BCUT2D eigenvalue weighted by Gasteiger charge is 2.42. The van der Waals surface area contributed by atoms with E-state index in [2.05, 4.69) is 36.1 Å². The van der Waals surface area contributed by atoms with Crippen LogP contribution in [0.1, 0.15) is 79.7 Å². The summed E-state index contributed by atoms with van der Waals surface area (Å²) >= 11 is 6.80. The van der Waals surface area contributed by atoms with Crippen molar-refractivity contribution in [1.82, 2.24) is 4.90 Å². The zero-order chi connectivity index (χ0) is 28.3. The van der Waals surface area contributed by atoms with Gasteiger partial charge in [0.25, 0.3) is 0 Å². The lowest BCUT2D eigenvalue weighted by molar-refractivity contribution is -0.144. The molecule has 2 N–H and O–H groups in total. The number of ether oxygens (including phenoxy) is 2. The standard InChI is InChI=1S/C33H46ClNO5/c1-2-3-4-8-30(36)26-10-12-27(13-11-26)33-28(29(34)23-31(33)37)22-25-7-5-6-24(21-25)9-14-32(38)40-20-17-35-15-18-39-19-16-35/h5-7,10-13,21,28-31,33,36-37H,2-4,8-9,14-20,22-23H2,1H3/t28-,29+,30?,31+,33+/m0/s1. The molecular weight excluding hydrogens is 526 g/mol. The van der Waals surface area contributed by atoms with E-state index in [0.717, 1.165) is 87.2 Å². The average molecular weight is 572 g/mol. The van der Waals surface area contributed by atoms with Crippen LogP contribution in [-0.4, -0.2) is 72.0 Å². The van der Waals surface area contributed by atoms with Crippen molar-refractivity contribution in [2.75, 3.05) is 39.5 Å². The molecule has 1 aliphatic heterocycles. The number of hydrogen-bond acceptors (Lipinski definition) is 6. The van der Waals surface area contributed by atoms with E-state index in [-0.39, 0.29) is 23.2 Å². The molecule has 220 valence electrons. The van der Waals surface area contributed by atoms with Crippen molar-refractivity contribution in [3.05, 3.63) is 70.8 Å². The first kappa shape index (κ1) is 31.0. The lowest BCUT2D eigenvalue weighted by atomic mass is 9.83. The van der Waals surface area contributed by atoms with Crippen LogP contribution < -0.4 is 0 Å². The topological polar surface area (TPSA) is 79.2 Å². The van der Waals surface area contributed by atoms with Crippen molar-refractivity contribution in [3.8, 4) is 0 Å². The third-order valence-corrected chi connectivity index (χ3v) is 8.95. The van der Waals surface area contributed by atoms with Crippen LogP contribution in [0.25, 0.3) is 0 Å². The van der Waals surface area contributed by atoms with Gasteiger partial charge in [0.2, 0.25) is 0 Å². The van der Waals surface area contributed by atoms with Crippen molar-refractivity contribution >= 4 is 17.6 Å². The molecule has 40 heavy (non-hydrogen) atoms. The Balaban J connectivity index is 1.30.